The molecule has 0 bridgehead atoms. The van der Waals surface area contributed by atoms with Gasteiger partial charge in [0, 0.05) is 6.20 Å². The molecule has 1 saturated heterocycles. The zero-order chi connectivity index (χ0) is 27.2. The maximum absolute atomic E-state index is 13.9. The average Bonchev–Trinajstić information content (AvgIpc) is 3.29. The van der Waals surface area contributed by atoms with E-state index in [1.54, 1.807) is 32.0 Å². The van der Waals surface area contributed by atoms with Crippen molar-refractivity contribution in [1.29, 1.82) is 5.26 Å². The third-order valence-corrected chi connectivity index (χ3v) is 7.91. The smallest absolute Gasteiger partial charge is 0.459 e. The molecule has 1 aromatic carbocycles. The number of hydrogen-bond donors (Lipinski definition) is 3. The van der Waals surface area contributed by atoms with Gasteiger partial charge in [0.1, 0.15) is 40.8 Å². The fourth-order valence-corrected chi connectivity index (χ4v) is 5.96. The molecule has 2 fully saturated rings. The van der Waals surface area contributed by atoms with Crippen molar-refractivity contribution in [3.05, 3.63) is 53.1 Å². The minimum atomic E-state index is -4.36. The van der Waals surface area contributed by atoms with Crippen molar-refractivity contribution in [2.45, 2.75) is 63.9 Å². The predicted octanol–water partition coefficient (Wildman–Crippen LogP) is 1.50. The van der Waals surface area contributed by atoms with Crippen LogP contribution >= 0.6 is 7.75 Å². The number of rotatable bonds is 9. The number of aliphatic hydroxyl groups is 1. The minimum Gasteiger partial charge on any atom is -0.462 e. The Morgan fingerprint density at radius 1 is 1.32 bits per heavy atom. The first-order valence-electron chi connectivity index (χ1n) is 11.5. The highest BCUT2D eigenvalue weighted by atomic mass is 31.2. The molecule has 0 radical (unpaired) electrons. The molecule has 0 spiro atoms. The first-order valence-corrected chi connectivity index (χ1v) is 13.0. The topological polar surface area (TPSA) is 188 Å². The number of nitrogen functional groups attached to an aromatic ring is 1. The zero-order valence-electron chi connectivity index (χ0n) is 20.6. The summed E-state index contributed by atoms with van der Waals surface area (Å²) in [5.41, 5.74) is 1.09. The van der Waals surface area contributed by atoms with Crippen molar-refractivity contribution >= 4 is 19.5 Å². The van der Waals surface area contributed by atoms with Gasteiger partial charge in [0.2, 0.25) is 0 Å². The van der Waals surface area contributed by atoms with E-state index in [4.69, 9.17) is 24.3 Å². The van der Waals surface area contributed by atoms with Crippen molar-refractivity contribution in [3.63, 3.8) is 0 Å². The van der Waals surface area contributed by atoms with E-state index >= 15 is 0 Å². The highest BCUT2D eigenvalue weighted by Crippen LogP contribution is 2.68. The number of nitrogens with two attached hydrogens (primary N) is 1. The van der Waals surface area contributed by atoms with Crippen molar-refractivity contribution < 1.29 is 33.0 Å². The maximum Gasteiger partial charge on any atom is 0.459 e. The summed E-state index contributed by atoms with van der Waals surface area (Å²) in [6.45, 7) is 6.15. The molecular formula is C23H28N5O8P. The Morgan fingerprint density at radius 2 is 2.00 bits per heavy atom. The van der Waals surface area contributed by atoms with E-state index in [0.717, 1.165) is 4.57 Å². The number of nitrogens with one attached hydrogen (secondary N) is 1. The highest BCUT2D eigenvalue weighted by Gasteiger charge is 2.84. The number of fused-ring (bicyclic) bond motifs is 1. The summed E-state index contributed by atoms with van der Waals surface area (Å²) in [4.78, 5) is 28.4. The predicted molar refractivity (Wildman–Crippen MR) is 129 cm³/mol. The molecule has 1 saturated carbocycles. The van der Waals surface area contributed by atoms with Crippen LogP contribution < -0.4 is 21.0 Å². The molecule has 4 rings (SSSR count). The molecule has 2 aliphatic rings. The van der Waals surface area contributed by atoms with Crippen LogP contribution in [0.3, 0.4) is 0 Å². The second-order valence-corrected chi connectivity index (χ2v) is 11.0. The lowest BCUT2D eigenvalue weighted by atomic mass is 9.82. The van der Waals surface area contributed by atoms with Gasteiger partial charge in [0.05, 0.1) is 12.2 Å². The third-order valence-electron chi connectivity index (χ3n) is 6.25. The summed E-state index contributed by atoms with van der Waals surface area (Å²) in [6, 6.07) is 10.3. The molecule has 4 N–H and O–H groups in total. The molecule has 198 valence electrons. The van der Waals surface area contributed by atoms with Crippen LogP contribution in [0.5, 0.6) is 5.75 Å². The van der Waals surface area contributed by atoms with E-state index in [-0.39, 0.29) is 11.6 Å². The van der Waals surface area contributed by atoms with Crippen LogP contribution in [0, 0.1) is 16.7 Å². The Balaban J connectivity index is 1.60. The van der Waals surface area contributed by atoms with Gasteiger partial charge in [-0.05, 0) is 45.9 Å². The lowest BCUT2D eigenvalue weighted by Crippen LogP contribution is -2.45. The summed E-state index contributed by atoms with van der Waals surface area (Å²) in [7, 11) is -4.36. The monoisotopic (exact) mass is 533 g/mol. The summed E-state index contributed by atoms with van der Waals surface area (Å²) in [6.07, 6.45) is -2.76. The maximum atomic E-state index is 13.9. The summed E-state index contributed by atoms with van der Waals surface area (Å²) in [5.74, 6) is -0.543. The van der Waals surface area contributed by atoms with Gasteiger partial charge in [-0.3, -0.25) is 13.9 Å². The molecule has 37 heavy (non-hydrogen) atoms. The molecular weight excluding hydrogens is 505 g/mol. The molecule has 14 heteroatoms. The fourth-order valence-electron chi connectivity index (χ4n) is 4.25. The summed E-state index contributed by atoms with van der Waals surface area (Å²) in [5, 5.41) is 24.1. The molecule has 1 aliphatic heterocycles. The zero-order valence-corrected chi connectivity index (χ0v) is 21.5. The van der Waals surface area contributed by atoms with E-state index in [1.165, 1.54) is 38.2 Å². The van der Waals surface area contributed by atoms with E-state index in [0.29, 0.717) is 0 Å². The molecule has 7 atom stereocenters. The number of carbonyl (C=O) groups excluding carboxylic acids is 1. The first kappa shape index (κ1) is 26.8. The molecule has 1 aliphatic carbocycles. The quantitative estimate of drug-likeness (QED) is 0.312. The first-order chi connectivity index (χ1) is 17.3. The highest BCUT2D eigenvalue weighted by molar-refractivity contribution is 7.52. The summed E-state index contributed by atoms with van der Waals surface area (Å²) < 4.78 is 37.3. The van der Waals surface area contributed by atoms with Gasteiger partial charge >= 0.3 is 19.4 Å². The lowest BCUT2D eigenvalue weighted by Gasteiger charge is -2.32. The number of hydrogen-bond acceptors (Lipinski definition) is 11. The number of benzene rings is 1. The van der Waals surface area contributed by atoms with Crippen LogP contribution in [0.1, 0.15) is 33.9 Å². The number of para-hydroxylation sites is 1. The Morgan fingerprint density at radius 3 is 2.59 bits per heavy atom. The normalized spacial score (nSPS) is 30.6. The Hall–Kier alpha value is -3.27. The molecule has 13 nitrogen and oxygen atoms in total. The van der Waals surface area contributed by atoms with Gasteiger partial charge in [-0.25, -0.2) is 9.36 Å². The van der Waals surface area contributed by atoms with Crippen LogP contribution in [-0.2, 0) is 23.4 Å². The van der Waals surface area contributed by atoms with Gasteiger partial charge in [0.25, 0.3) is 0 Å². The minimum absolute atomic E-state index is 0.0156. The molecule has 1 aromatic heterocycles. The number of anilines is 1. The molecule has 2 heterocycles. The van der Waals surface area contributed by atoms with Crippen molar-refractivity contribution in [2.24, 2.45) is 5.41 Å². The van der Waals surface area contributed by atoms with Gasteiger partial charge < -0.3 is 24.8 Å². The van der Waals surface area contributed by atoms with Gasteiger partial charge in [0.15, 0.2) is 6.23 Å². The van der Waals surface area contributed by atoms with Crippen LogP contribution in [-0.4, -0.2) is 50.6 Å². The van der Waals surface area contributed by atoms with Gasteiger partial charge in [-0.1, -0.05) is 18.2 Å². The molecule has 0 amide bonds. The number of nitriles is 1. The van der Waals surface area contributed by atoms with Crippen LogP contribution in [0.15, 0.2) is 47.4 Å². The van der Waals surface area contributed by atoms with E-state index in [2.05, 4.69) is 10.1 Å². The van der Waals surface area contributed by atoms with Gasteiger partial charge in [-0.2, -0.15) is 15.3 Å². The Labute approximate surface area is 212 Å². The van der Waals surface area contributed by atoms with E-state index in [9.17, 15) is 24.5 Å². The second-order valence-electron chi connectivity index (χ2n) is 9.36. The third kappa shape index (κ3) is 4.74. The Bertz CT molecular complexity index is 1330. The summed E-state index contributed by atoms with van der Waals surface area (Å²) >= 11 is 0. The van der Waals surface area contributed by atoms with E-state index < -0.39 is 61.0 Å². The SMILES string of the molecule is CC(C)OC(=O)[C@@H](C)NP(=O)(Oc1ccccc1)OC1[C@H]2O[C@@H](n3ccc(N)nc3=O)[C@](C)(C#N)[C@@]12O. The van der Waals surface area contributed by atoms with Crippen LogP contribution in [0.4, 0.5) is 5.82 Å². The van der Waals surface area contributed by atoms with Crippen LogP contribution in [0.25, 0.3) is 0 Å². The van der Waals surface area contributed by atoms with Gasteiger partial charge in [-0.15, -0.1) is 0 Å². The fraction of sp³-hybridized carbons (Fsp3) is 0.478. The molecule has 2 unspecified atom stereocenters. The van der Waals surface area contributed by atoms with Crippen molar-refractivity contribution in [2.75, 3.05) is 5.73 Å². The molecule has 2 aromatic rings. The number of esters is 1. The second kappa shape index (κ2) is 9.55. The number of ether oxygens (including phenoxy) is 2. The van der Waals surface area contributed by atoms with E-state index in [1.807, 2.05) is 6.07 Å². The number of carbonyl (C=O) groups is 1. The Kier molecular flexibility index (Phi) is 6.92. The van der Waals surface area contributed by atoms with Crippen LogP contribution in [0.2, 0.25) is 0 Å². The standard InChI is InChI=1S/C23H28N5O8P/c1-13(2)33-19(29)14(3)27-37(32,35-15-8-6-5-7-9-15)36-18-17-23(18,31)22(4,12-24)20(34-17)28-11-10-16(25)26-21(28)30/h5-11,13-14,17-18,20,31H,1-4H3,(H,27,32)(H2,25,26,30)/t14-,17-,18?,20-,22+,23+,37?/m1/s1. The average molecular weight is 533 g/mol. The lowest BCUT2D eigenvalue weighted by molar-refractivity contribution is -0.149. The largest absolute Gasteiger partial charge is 0.462 e. The number of aromatic nitrogens is 2. The number of nitrogens with zero attached hydrogens (tertiary/aromatic N) is 3. The van der Waals surface area contributed by atoms with Crippen molar-refractivity contribution in [1.82, 2.24) is 14.6 Å². The van der Waals surface area contributed by atoms with Crippen molar-refractivity contribution in [3.8, 4) is 11.8 Å².